The maximum absolute atomic E-state index is 13.0. The van der Waals surface area contributed by atoms with E-state index in [1.165, 1.54) is 0 Å². The Morgan fingerprint density at radius 1 is 1.06 bits per heavy atom. The molecule has 1 aliphatic heterocycles. The van der Waals surface area contributed by atoms with Crippen molar-refractivity contribution in [3.8, 4) is 5.75 Å². The number of benzene rings is 3. The van der Waals surface area contributed by atoms with Crippen molar-refractivity contribution in [3.05, 3.63) is 101 Å². The van der Waals surface area contributed by atoms with Crippen molar-refractivity contribution in [2.75, 3.05) is 13.7 Å². The number of aryl methyl sites for hydroxylation is 1. The van der Waals surface area contributed by atoms with E-state index in [2.05, 4.69) is 31.3 Å². The fourth-order valence-corrected chi connectivity index (χ4v) is 4.82. The van der Waals surface area contributed by atoms with Crippen LogP contribution in [-0.2, 0) is 23.2 Å². The molecule has 0 unspecified atom stereocenters. The summed E-state index contributed by atoms with van der Waals surface area (Å²) in [6.07, 6.45) is 1.56. The first-order valence-corrected chi connectivity index (χ1v) is 12.2. The molecule has 1 heterocycles. The number of amides is 1. The lowest BCUT2D eigenvalue weighted by atomic mass is 9.73. The maximum Gasteiger partial charge on any atom is 0.338 e. The Morgan fingerprint density at radius 2 is 1.78 bits per heavy atom. The van der Waals surface area contributed by atoms with Crippen LogP contribution in [0.2, 0.25) is 0 Å². The van der Waals surface area contributed by atoms with Gasteiger partial charge in [0, 0.05) is 17.7 Å². The normalized spacial score (nSPS) is 14.5. The summed E-state index contributed by atoms with van der Waals surface area (Å²) >= 11 is 0. The van der Waals surface area contributed by atoms with Gasteiger partial charge in [0.1, 0.15) is 12.4 Å². The lowest BCUT2D eigenvalue weighted by Gasteiger charge is -2.37. The molecule has 6 heteroatoms. The van der Waals surface area contributed by atoms with Crippen LogP contribution in [0.15, 0.2) is 72.8 Å². The van der Waals surface area contributed by atoms with Crippen molar-refractivity contribution in [1.29, 1.82) is 0 Å². The molecule has 2 N–H and O–H groups in total. The first-order chi connectivity index (χ1) is 17.2. The van der Waals surface area contributed by atoms with Crippen molar-refractivity contribution in [1.82, 2.24) is 5.32 Å². The summed E-state index contributed by atoms with van der Waals surface area (Å²) in [7, 11) is 1.63. The molecule has 3 aromatic rings. The zero-order valence-electron chi connectivity index (χ0n) is 21.0. The van der Waals surface area contributed by atoms with E-state index in [-0.39, 0.29) is 24.5 Å². The van der Waals surface area contributed by atoms with E-state index < -0.39 is 11.6 Å². The first-order valence-electron chi connectivity index (χ1n) is 12.2. The van der Waals surface area contributed by atoms with Crippen molar-refractivity contribution < 1.29 is 24.2 Å². The Balaban J connectivity index is 1.51. The highest BCUT2D eigenvalue weighted by Gasteiger charge is 2.36. The average Bonchev–Trinajstić information content (AvgIpc) is 3.26. The topological polar surface area (TPSA) is 84.9 Å². The predicted octanol–water partition coefficient (Wildman–Crippen LogP) is 4.83. The highest BCUT2D eigenvalue weighted by Crippen LogP contribution is 2.34. The lowest BCUT2D eigenvalue weighted by molar-refractivity contribution is 0.00603. The molecule has 1 atom stereocenters. The molecule has 1 amide bonds. The van der Waals surface area contributed by atoms with Gasteiger partial charge in [0.15, 0.2) is 0 Å². The molecule has 36 heavy (non-hydrogen) atoms. The maximum atomic E-state index is 13.0. The van der Waals surface area contributed by atoms with E-state index in [0.717, 1.165) is 22.4 Å². The molecule has 0 saturated heterocycles. The third-order valence-corrected chi connectivity index (χ3v) is 6.89. The number of aliphatic hydroxyl groups is 1. The van der Waals surface area contributed by atoms with Crippen LogP contribution >= 0.6 is 0 Å². The molecule has 6 nitrogen and oxygen atoms in total. The summed E-state index contributed by atoms with van der Waals surface area (Å²) in [5.41, 5.74) is 2.28. The smallest absolute Gasteiger partial charge is 0.338 e. The summed E-state index contributed by atoms with van der Waals surface area (Å²) in [6.45, 7) is 4.53. The van der Waals surface area contributed by atoms with E-state index in [9.17, 15) is 14.7 Å². The fraction of sp³-hybridized carbons (Fsp3) is 0.333. The Morgan fingerprint density at radius 3 is 2.47 bits per heavy atom. The van der Waals surface area contributed by atoms with Gasteiger partial charge in [0.2, 0.25) is 0 Å². The molecule has 0 fully saturated rings. The number of hydrogen-bond acceptors (Lipinski definition) is 5. The molecule has 0 radical (unpaired) electrons. The second kappa shape index (κ2) is 10.5. The van der Waals surface area contributed by atoms with Crippen LogP contribution in [-0.4, -0.2) is 36.2 Å². The van der Waals surface area contributed by atoms with E-state index in [4.69, 9.17) is 9.47 Å². The molecular weight excluding hydrogens is 454 g/mol. The van der Waals surface area contributed by atoms with Crippen LogP contribution in [0.5, 0.6) is 5.75 Å². The molecule has 0 aliphatic carbocycles. The van der Waals surface area contributed by atoms with Crippen LogP contribution < -0.4 is 10.1 Å². The number of rotatable bonds is 10. The third kappa shape index (κ3) is 5.94. The lowest BCUT2D eigenvalue weighted by Crippen LogP contribution is -2.47. The van der Waals surface area contributed by atoms with E-state index in [0.29, 0.717) is 30.4 Å². The summed E-state index contributed by atoms with van der Waals surface area (Å²) < 4.78 is 10.3. The summed E-state index contributed by atoms with van der Waals surface area (Å²) in [6, 6.07) is 22.9. The van der Waals surface area contributed by atoms with Crippen molar-refractivity contribution in [2.45, 2.75) is 50.7 Å². The summed E-state index contributed by atoms with van der Waals surface area (Å²) in [5.74, 6) is 0.0304. The van der Waals surface area contributed by atoms with Crippen LogP contribution in [0.4, 0.5) is 0 Å². The average molecular weight is 488 g/mol. The second-order valence-corrected chi connectivity index (χ2v) is 10.1. The molecule has 0 bridgehead atoms. The van der Waals surface area contributed by atoms with Gasteiger partial charge < -0.3 is 19.9 Å². The van der Waals surface area contributed by atoms with E-state index in [1.54, 1.807) is 25.3 Å². The minimum atomic E-state index is -1.16. The summed E-state index contributed by atoms with van der Waals surface area (Å²) in [5, 5.41) is 14.8. The van der Waals surface area contributed by atoms with Gasteiger partial charge in [-0.25, -0.2) is 4.79 Å². The quantitative estimate of drug-likeness (QED) is 0.400. The Bertz CT molecular complexity index is 1220. The Kier molecular flexibility index (Phi) is 7.45. The Hall–Kier alpha value is -3.64. The molecule has 4 rings (SSSR count). The number of methoxy groups -OCH3 is 1. The SMILES string of the molecule is COc1ccc(CC[C@](O)(CNC(=O)c2ccc3c(c2)C(=O)OC3)CC(C)(C)c2ccccc2)cc1. The van der Waals surface area contributed by atoms with Gasteiger partial charge in [-0.3, -0.25) is 4.79 Å². The van der Waals surface area contributed by atoms with E-state index in [1.807, 2.05) is 42.5 Å². The van der Waals surface area contributed by atoms with Crippen LogP contribution in [0.3, 0.4) is 0 Å². The minimum absolute atomic E-state index is 0.0831. The van der Waals surface area contributed by atoms with Crippen LogP contribution in [0.1, 0.15) is 64.1 Å². The fourth-order valence-electron chi connectivity index (χ4n) is 4.82. The van der Waals surface area contributed by atoms with Gasteiger partial charge >= 0.3 is 5.97 Å². The molecule has 0 aromatic heterocycles. The van der Waals surface area contributed by atoms with Gasteiger partial charge in [-0.15, -0.1) is 0 Å². The monoisotopic (exact) mass is 487 g/mol. The zero-order chi connectivity index (χ0) is 25.8. The zero-order valence-corrected chi connectivity index (χ0v) is 21.0. The molecule has 0 spiro atoms. The molecule has 3 aromatic carbocycles. The van der Waals surface area contributed by atoms with E-state index >= 15 is 0 Å². The molecule has 0 saturated carbocycles. The molecular formula is C30H33NO5. The highest BCUT2D eigenvalue weighted by molar-refractivity contribution is 5.99. The number of hydrogen-bond donors (Lipinski definition) is 2. The second-order valence-electron chi connectivity index (χ2n) is 10.1. The van der Waals surface area contributed by atoms with Gasteiger partial charge in [0.05, 0.1) is 18.3 Å². The van der Waals surface area contributed by atoms with Crippen molar-refractivity contribution in [2.24, 2.45) is 0 Å². The number of esters is 1. The number of ether oxygens (including phenoxy) is 2. The Labute approximate surface area is 212 Å². The van der Waals surface area contributed by atoms with Gasteiger partial charge in [-0.2, -0.15) is 0 Å². The molecule has 188 valence electrons. The third-order valence-electron chi connectivity index (χ3n) is 6.89. The minimum Gasteiger partial charge on any atom is -0.497 e. The number of carbonyl (C=O) groups is 2. The molecule has 1 aliphatic rings. The largest absolute Gasteiger partial charge is 0.497 e. The summed E-state index contributed by atoms with van der Waals surface area (Å²) in [4.78, 5) is 24.9. The standard InChI is InChI=1S/C30H33NO5/c1-29(2,24-7-5-4-6-8-24)19-30(34,16-15-21-9-13-25(35-3)14-10-21)20-31-27(32)22-11-12-23-18-36-28(33)26(23)17-22/h4-14,17,34H,15-16,18-20H2,1-3H3,(H,31,32)/t30-/m1/s1. The van der Waals surface area contributed by atoms with Crippen molar-refractivity contribution in [3.63, 3.8) is 0 Å². The number of fused-ring (bicyclic) bond motifs is 1. The van der Waals surface area contributed by atoms with Crippen molar-refractivity contribution >= 4 is 11.9 Å². The number of carbonyl (C=O) groups excluding carboxylic acids is 2. The van der Waals surface area contributed by atoms with Crippen LogP contribution in [0, 0.1) is 0 Å². The number of cyclic esters (lactones) is 1. The highest BCUT2D eigenvalue weighted by atomic mass is 16.5. The van der Waals surface area contributed by atoms with Gasteiger partial charge in [-0.05, 0) is 60.1 Å². The van der Waals surface area contributed by atoms with Crippen LogP contribution in [0.25, 0.3) is 0 Å². The number of nitrogens with one attached hydrogen (secondary N) is 1. The first kappa shape index (κ1) is 25.5. The predicted molar refractivity (Wildman–Crippen MR) is 138 cm³/mol. The van der Waals surface area contributed by atoms with Gasteiger partial charge in [-0.1, -0.05) is 62.4 Å². The van der Waals surface area contributed by atoms with Gasteiger partial charge in [0.25, 0.3) is 5.91 Å².